The number of nitrogens with zero attached hydrogens (tertiary/aromatic N) is 1. The Labute approximate surface area is 189 Å². The van der Waals surface area contributed by atoms with Crippen molar-refractivity contribution in [1.82, 2.24) is 10.2 Å². The molecule has 1 aliphatic rings. The van der Waals surface area contributed by atoms with Crippen molar-refractivity contribution in [2.45, 2.75) is 25.4 Å². The van der Waals surface area contributed by atoms with Gasteiger partial charge in [-0.1, -0.05) is 30.3 Å². The molecule has 1 N–H and O–H groups in total. The summed E-state index contributed by atoms with van der Waals surface area (Å²) in [7, 11) is 3.27. The Kier molecular flexibility index (Phi) is 7.07. The van der Waals surface area contributed by atoms with Gasteiger partial charge in [0.25, 0.3) is 5.91 Å². The van der Waals surface area contributed by atoms with Crippen molar-refractivity contribution < 1.29 is 14.3 Å². The van der Waals surface area contributed by atoms with E-state index in [1.54, 1.807) is 26.5 Å². The third kappa shape index (κ3) is 5.48. The maximum atomic E-state index is 12.6. The number of hydrogen-bond acceptors (Lipinski definition) is 4. The van der Waals surface area contributed by atoms with E-state index in [2.05, 4.69) is 46.6 Å². The molecular weight excluding hydrogens is 400 g/mol. The molecule has 0 atom stereocenters. The van der Waals surface area contributed by atoms with Gasteiger partial charge in [-0.05, 0) is 71.1 Å². The standard InChI is InChI=1S/C27H30N2O3/c1-31-15-12-20-6-8-22-9-7-21(17-24(22)16-20)19-29-13-10-25(11-14-29)28-27(30)23-4-3-5-26(18-23)32-2/h3-9,12,15-18,25H,10-11,13-14,19H2,1-2H3,(H,28,30)/b15-12+. The Bertz CT molecular complexity index is 1100. The molecule has 32 heavy (non-hydrogen) atoms. The average molecular weight is 431 g/mol. The monoisotopic (exact) mass is 430 g/mol. The summed E-state index contributed by atoms with van der Waals surface area (Å²) in [5.74, 6) is 0.667. The van der Waals surface area contributed by atoms with Crippen LogP contribution in [0.4, 0.5) is 0 Å². The van der Waals surface area contributed by atoms with Crippen molar-refractivity contribution in [2.75, 3.05) is 27.3 Å². The Hall–Kier alpha value is -3.31. The number of hydrogen-bond donors (Lipinski definition) is 1. The predicted octanol–water partition coefficient (Wildman–Crippen LogP) is 4.86. The Morgan fingerprint density at radius 2 is 1.84 bits per heavy atom. The number of nitrogens with one attached hydrogen (secondary N) is 1. The molecule has 5 heteroatoms. The highest BCUT2D eigenvalue weighted by molar-refractivity contribution is 5.94. The molecule has 0 saturated carbocycles. The Morgan fingerprint density at radius 3 is 2.62 bits per heavy atom. The van der Waals surface area contributed by atoms with Gasteiger partial charge in [-0.25, -0.2) is 0 Å². The lowest BCUT2D eigenvalue weighted by atomic mass is 10.0. The lowest BCUT2D eigenvalue weighted by Gasteiger charge is -2.32. The fourth-order valence-electron chi connectivity index (χ4n) is 4.19. The van der Waals surface area contributed by atoms with E-state index in [1.165, 1.54) is 16.3 Å². The van der Waals surface area contributed by atoms with Crippen LogP contribution in [0, 0.1) is 0 Å². The minimum Gasteiger partial charge on any atom is -0.504 e. The second kappa shape index (κ2) is 10.3. The molecule has 3 aromatic carbocycles. The highest BCUT2D eigenvalue weighted by atomic mass is 16.5. The molecule has 1 heterocycles. The van der Waals surface area contributed by atoms with Gasteiger partial charge in [0.15, 0.2) is 0 Å². The molecule has 5 nitrogen and oxygen atoms in total. The maximum absolute atomic E-state index is 12.6. The zero-order valence-corrected chi connectivity index (χ0v) is 18.7. The number of benzene rings is 3. The van der Waals surface area contributed by atoms with E-state index in [-0.39, 0.29) is 11.9 Å². The van der Waals surface area contributed by atoms with Crippen LogP contribution in [-0.2, 0) is 11.3 Å². The summed E-state index contributed by atoms with van der Waals surface area (Å²) in [6, 6.07) is 20.6. The van der Waals surface area contributed by atoms with Gasteiger partial charge in [-0.15, -0.1) is 0 Å². The minimum absolute atomic E-state index is 0.0322. The first-order valence-corrected chi connectivity index (χ1v) is 11.0. The van der Waals surface area contributed by atoms with E-state index < -0.39 is 0 Å². The zero-order valence-electron chi connectivity index (χ0n) is 18.7. The number of piperidine rings is 1. The van der Waals surface area contributed by atoms with Crippen LogP contribution in [0.3, 0.4) is 0 Å². The number of carbonyl (C=O) groups is 1. The van der Waals surface area contributed by atoms with E-state index in [9.17, 15) is 4.79 Å². The largest absolute Gasteiger partial charge is 0.504 e. The molecular formula is C27H30N2O3. The number of carbonyl (C=O) groups excluding carboxylic acids is 1. The Morgan fingerprint density at radius 1 is 1.03 bits per heavy atom. The average Bonchev–Trinajstić information content (AvgIpc) is 2.83. The molecule has 0 bridgehead atoms. The third-order valence-electron chi connectivity index (χ3n) is 5.99. The topological polar surface area (TPSA) is 50.8 Å². The summed E-state index contributed by atoms with van der Waals surface area (Å²) < 4.78 is 10.3. The van der Waals surface area contributed by atoms with E-state index in [4.69, 9.17) is 9.47 Å². The van der Waals surface area contributed by atoms with E-state index in [0.29, 0.717) is 11.3 Å². The molecule has 0 spiro atoms. The van der Waals surface area contributed by atoms with E-state index in [1.807, 2.05) is 24.3 Å². The first-order chi connectivity index (χ1) is 15.6. The summed E-state index contributed by atoms with van der Waals surface area (Å²) in [6.07, 6.45) is 5.57. The van der Waals surface area contributed by atoms with Gasteiger partial charge in [0.05, 0.1) is 20.5 Å². The van der Waals surface area contributed by atoms with Crippen LogP contribution in [-0.4, -0.2) is 44.2 Å². The van der Waals surface area contributed by atoms with Crippen molar-refractivity contribution in [3.8, 4) is 5.75 Å². The molecule has 4 rings (SSSR count). The van der Waals surface area contributed by atoms with Crippen LogP contribution in [0.25, 0.3) is 16.8 Å². The lowest BCUT2D eigenvalue weighted by Crippen LogP contribution is -2.44. The quantitative estimate of drug-likeness (QED) is 0.544. The first-order valence-electron chi connectivity index (χ1n) is 11.0. The summed E-state index contributed by atoms with van der Waals surface area (Å²) in [4.78, 5) is 15.0. The molecule has 3 aromatic rings. The molecule has 1 amide bonds. The molecule has 0 unspecified atom stereocenters. The van der Waals surface area contributed by atoms with Crippen LogP contribution >= 0.6 is 0 Å². The lowest BCUT2D eigenvalue weighted by molar-refractivity contribution is 0.0908. The SMILES string of the molecule is CO/C=C/c1ccc2ccc(CN3CCC(NC(=O)c4cccc(OC)c4)CC3)cc2c1. The number of fused-ring (bicyclic) bond motifs is 1. The van der Waals surface area contributed by atoms with Crippen LogP contribution in [0.2, 0.25) is 0 Å². The van der Waals surface area contributed by atoms with Gasteiger partial charge in [0.2, 0.25) is 0 Å². The van der Waals surface area contributed by atoms with Gasteiger partial charge >= 0.3 is 0 Å². The van der Waals surface area contributed by atoms with Crippen LogP contribution in [0.15, 0.2) is 66.9 Å². The number of methoxy groups -OCH3 is 2. The molecule has 1 saturated heterocycles. The van der Waals surface area contributed by atoms with Crippen molar-refractivity contribution in [3.05, 3.63) is 83.6 Å². The number of ether oxygens (including phenoxy) is 2. The normalized spacial score (nSPS) is 15.2. The summed E-state index contributed by atoms with van der Waals surface area (Å²) >= 11 is 0. The minimum atomic E-state index is -0.0322. The van der Waals surface area contributed by atoms with E-state index >= 15 is 0 Å². The van der Waals surface area contributed by atoms with Gasteiger partial charge in [0, 0.05) is 31.2 Å². The number of amides is 1. The van der Waals surface area contributed by atoms with E-state index in [0.717, 1.165) is 38.0 Å². The van der Waals surface area contributed by atoms with Crippen molar-refractivity contribution in [2.24, 2.45) is 0 Å². The molecule has 1 fully saturated rings. The predicted molar refractivity (Wildman–Crippen MR) is 129 cm³/mol. The maximum Gasteiger partial charge on any atom is 0.251 e. The van der Waals surface area contributed by atoms with Gasteiger partial charge in [0.1, 0.15) is 5.75 Å². The highest BCUT2D eigenvalue weighted by Crippen LogP contribution is 2.21. The van der Waals surface area contributed by atoms with Gasteiger partial charge in [-0.2, -0.15) is 0 Å². The van der Waals surface area contributed by atoms with Crippen LogP contribution in [0.5, 0.6) is 5.75 Å². The third-order valence-corrected chi connectivity index (χ3v) is 5.99. The molecule has 0 aromatic heterocycles. The smallest absolute Gasteiger partial charge is 0.251 e. The zero-order chi connectivity index (χ0) is 22.3. The highest BCUT2D eigenvalue weighted by Gasteiger charge is 2.21. The number of likely N-dealkylation sites (tertiary alicyclic amines) is 1. The van der Waals surface area contributed by atoms with Crippen molar-refractivity contribution in [3.63, 3.8) is 0 Å². The van der Waals surface area contributed by atoms with Gasteiger partial charge < -0.3 is 14.8 Å². The van der Waals surface area contributed by atoms with Crippen molar-refractivity contribution >= 4 is 22.8 Å². The fraction of sp³-hybridized carbons (Fsp3) is 0.296. The summed E-state index contributed by atoms with van der Waals surface area (Å²) in [6.45, 7) is 2.86. The van der Waals surface area contributed by atoms with Gasteiger partial charge in [-0.3, -0.25) is 9.69 Å². The first kappa shape index (κ1) is 21.9. The Balaban J connectivity index is 1.32. The molecule has 1 aliphatic heterocycles. The molecule has 166 valence electrons. The van der Waals surface area contributed by atoms with Crippen molar-refractivity contribution in [1.29, 1.82) is 0 Å². The summed E-state index contributed by atoms with van der Waals surface area (Å²) in [5, 5.41) is 5.66. The molecule has 0 aliphatic carbocycles. The summed E-state index contributed by atoms with van der Waals surface area (Å²) in [5.41, 5.74) is 3.08. The molecule has 0 radical (unpaired) electrons. The number of rotatable bonds is 7. The van der Waals surface area contributed by atoms with Crippen LogP contribution < -0.4 is 10.1 Å². The second-order valence-corrected chi connectivity index (χ2v) is 8.24. The second-order valence-electron chi connectivity index (χ2n) is 8.24. The fourth-order valence-corrected chi connectivity index (χ4v) is 4.19. The van der Waals surface area contributed by atoms with Crippen LogP contribution in [0.1, 0.15) is 34.3 Å².